The molecule has 7 heteroatoms. The molecule has 18 heavy (non-hydrogen) atoms. The average Bonchev–Trinajstić information content (AvgIpc) is 2.81. The summed E-state index contributed by atoms with van der Waals surface area (Å²) in [6.45, 7) is 1.02. The Morgan fingerprint density at radius 2 is 2.28 bits per heavy atom. The number of rotatable bonds is 5. The van der Waals surface area contributed by atoms with Crippen LogP contribution in [0.25, 0.3) is 11.4 Å². The van der Waals surface area contributed by atoms with Crippen LogP contribution in [0.5, 0.6) is 0 Å². The summed E-state index contributed by atoms with van der Waals surface area (Å²) >= 11 is 0. The number of aryl methyl sites for hydroxylation is 1. The van der Waals surface area contributed by atoms with Crippen molar-refractivity contribution in [3.63, 3.8) is 0 Å². The predicted molar refractivity (Wildman–Crippen MR) is 63.9 cm³/mol. The van der Waals surface area contributed by atoms with Crippen LogP contribution < -0.4 is 5.73 Å². The minimum Gasteiger partial charge on any atom is -0.476 e. The summed E-state index contributed by atoms with van der Waals surface area (Å²) in [4.78, 5) is 15.3. The maximum absolute atomic E-state index is 11.1. The van der Waals surface area contributed by atoms with E-state index < -0.39 is 5.97 Å². The Balaban J connectivity index is 2.47. The van der Waals surface area contributed by atoms with Crippen LogP contribution >= 0.6 is 0 Å². The van der Waals surface area contributed by atoms with Crippen molar-refractivity contribution in [3.8, 4) is 11.4 Å². The van der Waals surface area contributed by atoms with E-state index in [4.69, 9.17) is 10.8 Å². The van der Waals surface area contributed by atoms with Gasteiger partial charge in [0.05, 0.1) is 5.69 Å². The number of carboxylic acids is 1. The van der Waals surface area contributed by atoms with Gasteiger partial charge in [-0.3, -0.25) is 4.98 Å². The van der Waals surface area contributed by atoms with Crippen molar-refractivity contribution in [1.29, 1.82) is 0 Å². The molecule has 2 aromatic rings. The van der Waals surface area contributed by atoms with Crippen molar-refractivity contribution in [2.24, 2.45) is 5.73 Å². The molecule has 7 nitrogen and oxygen atoms in total. The molecule has 0 fully saturated rings. The fourth-order valence-electron chi connectivity index (χ4n) is 1.61. The van der Waals surface area contributed by atoms with Gasteiger partial charge in [0.2, 0.25) is 0 Å². The van der Waals surface area contributed by atoms with Crippen LogP contribution in [0, 0.1) is 0 Å². The van der Waals surface area contributed by atoms with Crippen LogP contribution in [0.3, 0.4) is 0 Å². The molecule has 0 aliphatic carbocycles. The zero-order chi connectivity index (χ0) is 13.0. The summed E-state index contributed by atoms with van der Waals surface area (Å²) in [6.07, 6.45) is 2.30. The summed E-state index contributed by atoms with van der Waals surface area (Å²) < 4.78 is 1.53. The first-order chi connectivity index (χ1) is 8.74. The first-order valence-corrected chi connectivity index (χ1v) is 5.52. The van der Waals surface area contributed by atoms with Gasteiger partial charge >= 0.3 is 5.97 Å². The van der Waals surface area contributed by atoms with E-state index in [9.17, 15) is 4.79 Å². The van der Waals surface area contributed by atoms with Crippen LogP contribution in [-0.2, 0) is 6.54 Å². The van der Waals surface area contributed by atoms with E-state index in [0.29, 0.717) is 30.9 Å². The van der Waals surface area contributed by atoms with Gasteiger partial charge in [-0.1, -0.05) is 11.3 Å². The van der Waals surface area contributed by atoms with Crippen LogP contribution in [0.4, 0.5) is 0 Å². The molecule has 0 spiro atoms. The van der Waals surface area contributed by atoms with Crippen molar-refractivity contribution >= 4 is 5.97 Å². The lowest BCUT2D eigenvalue weighted by Gasteiger charge is -2.05. The van der Waals surface area contributed by atoms with Gasteiger partial charge in [-0.2, -0.15) is 0 Å². The van der Waals surface area contributed by atoms with Gasteiger partial charge < -0.3 is 10.8 Å². The highest BCUT2D eigenvalue weighted by atomic mass is 16.4. The monoisotopic (exact) mass is 247 g/mol. The third kappa shape index (κ3) is 2.35. The Hall–Kier alpha value is -2.28. The van der Waals surface area contributed by atoms with Crippen LogP contribution in [0.15, 0.2) is 24.4 Å². The second-order valence-electron chi connectivity index (χ2n) is 3.67. The minimum atomic E-state index is -1.12. The van der Waals surface area contributed by atoms with Crippen molar-refractivity contribution in [3.05, 3.63) is 30.1 Å². The second-order valence-corrected chi connectivity index (χ2v) is 3.67. The van der Waals surface area contributed by atoms with Gasteiger partial charge in [0.1, 0.15) is 5.69 Å². The lowest BCUT2D eigenvalue weighted by Crippen LogP contribution is -2.09. The van der Waals surface area contributed by atoms with Gasteiger partial charge in [-0.25, -0.2) is 9.48 Å². The van der Waals surface area contributed by atoms with Gasteiger partial charge in [0.15, 0.2) is 5.69 Å². The first-order valence-electron chi connectivity index (χ1n) is 5.52. The standard InChI is InChI=1S/C11H13N5O2/c12-5-3-7-16-10(8-4-1-2-6-13-8)9(11(17)18)14-15-16/h1-2,4,6H,3,5,7,12H2,(H,17,18). The highest BCUT2D eigenvalue weighted by molar-refractivity contribution is 5.92. The highest BCUT2D eigenvalue weighted by Gasteiger charge is 2.20. The highest BCUT2D eigenvalue weighted by Crippen LogP contribution is 2.19. The lowest BCUT2D eigenvalue weighted by molar-refractivity contribution is 0.0691. The average molecular weight is 247 g/mol. The third-order valence-corrected chi connectivity index (χ3v) is 2.42. The Morgan fingerprint density at radius 1 is 1.44 bits per heavy atom. The molecule has 0 aliphatic heterocycles. The summed E-state index contributed by atoms with van der Waals surface area (Å²) in [5, 5.41) is 16.6. The van der Waals surface area contributed by atoms with Crippen molar-refractivity contribution in [1.82, 2.24) is 20.0 Å². The van der Waals surface area contributed by atoms with Gasteiger partial charge in [-0.05, 0) is 25.1 Å². The molecule has 0 aliphatic rings. The zero-order valence-corrected chi connectivity index (χ0v) is 9.65. The maximum Gasteiger partial charge on any atom is 0.358 e. The fraction of sp³-hybridized carbons (Fsp3) is 0.273. The molecule has 0 bridgehead atoms. The van der Waals surface area contributed by atoms with E-state index in [2.05, 4.69) is 15.3 Å². The van der Waals surface area contributed by atoms with Gasteiger partial charge in [0, 0.05) is 12.7 Å². The summed E-state index contributed by atoms with van der Waals surface area (Å²) in [5.41, 5.74) is 6.30. The smallest absolute Gasteiger partial charge is 0.358 e. The Morgan fingerprint density at radius 3 is 2.89 bits per heavy atom. The molecule has 2 rings (SSSR count). The van der Waals surface area contributed by atoms with E-state index in [1.54, 1.807) is 24.4 Å². The minimum absolute atomic E-state index is 0.0919. The van der Waals surface area contributed by atoms with Gasteiger partial charge in [-0.15, -0.1) is 5.10 Å². The van der Waals surface area contributed by atoms with Crippen LogP contribution in [0.1, 0.15) is 16.9 Å². The predicted octanol–water partition coefficient (Wildman–Crippen LogP) is 0.387. The lowest BCUT2D eigenvalue weighted by atomic mass is 10.2. The van der Waals surface area contributed by atoms with E-state index >= 15 is 0 Å². The summed E-state index contributed by atoms with van der Waals surface area (Å²) in [7, 11) is 0. The normalized spacial score (nSPS) is 10.5. The summed E-state index contributed by atoms with van der Waals surface area (Å²) in [6, 6.07) is 5.27. The number of nitrogens with zero attached hydrogens (tertiary/aromatic N) is 4. The first kappa shape index (κ1) is 12.2. The number of pyridine rings is 1. The molecule has 0 amide bonds. The number of nitrogens with two attached hydrogens (primary N) is 1. The largest absolute Gasteiger partial charge is 0.476 e. The number of aromatic carboxylic acids is 1. The molecule has 0 atom stereocenters. The molecule has 2 aromatic heterocycles. The topological polar surface area (TPSA) is 107 Å². The third-order valence-electron chi connectivity index (χ3n) is 2.42. The van der Waals surface area contributed by atoms with Crippen LogP contribution in [-0.4, -0.2) is 37.6 Å². The van der Waals surface area contributed by atoms with E-state index in [-0.39, 0.29) is 5.69 Å². The summed E-state index contributed by atoms with van der Waals surface area (Å²) in [5.74, 6) is -1.12. The maximum atomic E-state index is 11.1. The Labute approximate surface area is 103 Å². The molecule has 0 unspecified atom stereocenters. The quantitative estimate of drug-likeness (QED) is 0.791. The molecule has 3 N–H and O–H groups in total. The molecule has 94 valence electrons. The molecule has 0 saturated heterocycles. The van der Waals surface area contributed by atoms with Gasteiger partial charge in [0.25, 0.3) is 0 Å². The number of aromatic nitrogens is 4. The molecule has 0 saturated carbocycles. The number of carboxylic acid groups (broad SMARTS) is 1. The zero-order valence-electron chi connectivity index (χ0n) is 9.65. The van der Waals surface area contributed by atoms with E-state index in [1.807, 2.05) is 0 Å². The van der Waals surface area contributed by atoms with Crippen molar-refractivity contribution in [2.45, 2.75) is 13.0 Å². The number of hydrogen-bond acceptors (Lipinski definition) is 5. The van der Waals surface area contributed by atoms with E-state index in [0.717, 1.165) is 0 Å². The molecule has 0 aromatic carbocycles. The fourth-order valence-corrected chi connectivity index (χ4v) is 1.61. The number of carbonyl (C=O) groups is 1. The second kappa shape index (κ2) is 5.37. The van der Waals surface area contributed by atoms with Crippen molar-refractivity contribution < 1.29 is 9.90 Å². The Kier molecular flexibility index (Phi) is 3.63. The molecule has 0 radical (unpaired) electrons. The van der Waals surface area contributed by atoms with Crippen LogP contribution in [0.2, 0.25) is 0 Å². The SMILES string of the molecule is NCCCn1nnc(C(=O)O)c1-c1ccccn1. The van der Waals surface area contributed by atoms with Crippen molar-refractivity contribution in [2.75, 3.05) is 6.54 Å². The van der Waals surface area contributed by atoms with E-state index in [1.165, 1.54) is 4.68 Å². The molecule has 2 heterocycles. The molecular weight excluding hydrogens is 234 g/mol. The Bertz CT molecular complexity index is 538. The number of hydrogen-bond donors (Lipinski definition) is 2. The molecular formula is C11H13N5O2.